The second-order valence-corrected chi connectivity index (χ2v) is 12.6. The van der Waals surface area contributed by atoms with Crippen molar-refractivity contribution in [3.8, 4) is 11.5 Å². The van der Waals surface area contributed by atoms with Crippen LogP contribution >= 0.6 is 23.2 Å². The van der Waals surface area contributed by atoms with E-state index >= 15 is 0 Å². The van der Waals surface area contributed by atoms with Crippen molar-refractivity contribution < 1.29 is 40.9 Å². The van der Waals surface area contributed by atoms with Crippen molar-refractivity contribution in [2.45, 2.75) is 49.8 Å². The van der Waals surface area contributed by atoms with Gasteiger partial charge in [-0.05, 0) is 55.5 Å². The summed E-state index contributed by atoms with van der Waals surface area (Å²) in [4.78, 5) is 13.4. The Hall–Kier alpha value is -3.19. The lowest BCUT2D eigenvalue weighted by atomic mass is 10.0. The molecule has 1 saturated carbocycles. The van der Waals surface area contributed by atoms with Crippen LogP contribution in [-0.4, -0.2) is 45.0 Å². The number of carbonyl (C=O) groups is 1. The average molecular weight is 646 g/mol. The second kappa shape index (κ2) is 13.4. The SMILES string of the molecule is C[C@@H](C(=O)O[C@@H](Cc1c(Cl)c[n+]([O-])cc1Cl)c1ccc(OC(F)F)c(OCC2CC2)c1)N(C)S(=O)(=O)c1ccccc1. The van der Waals surface area contributed by atoms with Crippen LogP contribution in [-0.2, 0) is 26.0 Å². The Morgan fingerprint density at radius 2 is 1.74 bits per heavy atom. The molecular formula is C28H28Cl2F2N2O7S. The smallest absolute Gasteiger partial charge is 0.387 e. The highest BCUT2D eigenvalue weighted by molar-refractivity contribution is 7.89. The Labute approximate surface area is 252 Å². The van der Waals surface area contributed by atoms with Crippen molar-refractivity contribution in [3.05, 3.63) is 87.3 Å². The summed E-state index contributed by atoms with van der Waals surface area (Å²) in [6.07, 6.45) is 2.78. The first-order chi connectivity index (χ1) is 19.9. The summed E-state index contributed by atoms with van der Waals surface area (Å²) in [5.41, 5.74) is 0.581. The first-order valence-electron chi connectivity index (χ1n) is 12.9. The maximum Gasteiger partial charge on any atom is 0.387 e. The molecule has 0 spiro atoms. The molecule has 0 aliphatic heterocycles. The molecule has 1 aliphatic rings. The molecule has 14 heteroatoms. The molecule has 1 fully saturated rings. The van der Waals surface area contributed by atoms with E-state index in [4.69, 9.17) is 32.7 Å². The summed E-state index contributed by atoms with van der Waals surface area (Å²) in [5.74, 6) is -0.798. The molecular weight excluding hydrogens is 617 g/mol. The third kappa shape index (κ3) is 7.80. The predicted octanol–water partition coefficient (Wildman–Crippen LogP) is 5.55. The molecule has 0 amide bonds. The molecule has 0 radical (unpaired) electrons. The number of likely N-dealkylation sites (N-methyl/N-ethyl adjacent to an activating group) is 1. The number of nitrogens with zero attached hydrogens (tertiary/aromatic N) is 2. The van der Waals surface area contributed by atoms with E-state index in [1.54, 1.807) is 18.2 Å². The zero-order valence-corrected chi connectivity index (χ0v) is 24.9. The molecule has 2 atom stereocenters. The van der Waals surface area contributed by atoms with E-state index in [1.807, 2.05) is 0 Å². The number of hydrogen-bond donors (Lipinski definition) is 0. The molecule has 1 heterocycles. The standard InChI is InChI=1S/C28H28Cl2F2N2O7S/c1-17(33(2)42(37,38)20-6-4-3-5-7-20)27(35)40-25(13-21-22(29)14-34(36)15-23(21)30)19-10-11-24(41-28(31)32)26(12-19)39-16-18-8-9-18/h3-7,10-12,14-15,17-18,25,28H,8-9,13,16H2,1-2H3/t17-,25-/m0/s1. The van der Waals surface area contributed by atoms with Gasteiger partial charge in [-0.3, -0.25) is 4.79 Å². The summed E-state index contributed by atoms with van der Waals surface area (Å²) < 4.78 is 69.9. The van der Waals surface area contributed by atoms with Gasteiger partial charge in [0.1, 0.15) is 22.2 Å². The van der Waals surface area contributed by atoms with Crippen LogP contribution < -0.4 is 14.2 Å². The number of rotatable bonds is 13. The van der Waals surface area contributed by atoms with E-state index < -0.39 is 34.7 Å². The van der Waals surface area contributed by atoms with Crippen molar-refractivity contribution in [2.75, 3.05) is 13.7 Å². The molecule has 9 nitrogen and oxygen atoms in total. The fourth-order valence-electron chi connectivity index (χ4n) is 4.02. The van der Waals surface area contributed by atoms with Crippen molar-refractivity contribution in [1.29, 1.82) is 0 Å². The lowest BCUT2D eigenvalue weighted by Gasteiger charge is -2.26. The molecule has 0 N–H and O–H groups in total. The summed E-state index contributed by atoms with van der Waals surface area (Å²) in [5, 5.41) is 11.8. The topological polar surface area (TPSA) is 109 Å². The summed E-state index contributed by atoms with van der Waals surface area (Å²) in [7, 11) is -2.80. The second-order valence-electron chi connectivity index (χ2n) is 9.77. The van der Waals surface area contributed by atoms with Gasteiger partial charge in [0.25, 0.3) is 0 Å². The molecule has 42 heavy (non-hydrogen) atoms. The largest absolute Gasteiger partial charge is 0.619 e. The number of aromatic nitrogens is 1. The van der Waals surface area contributed by atoms with Crippen LogP contribution in [0.4, 0.5) is 8.78 Å². The first kappa shape index (κ1) is 31.7. The summed E-state index contributed by atoms with van der Waals surface area (Å²) in [6.45, 7) is -1.45. The van der Waals surface area contributed by atoms with Crippen LogP contribution in [0.3, 0.4) is 0 Å². The molecule has 0 unspecified atom stereocenters. The van der Waals surface area contributed by atoms with Crippen molar-refractivity contribution in [3.63, 3.8) is 0 Å². The molecule has 0 bridgehead atoms. The van der Waals surface area contributed by atoms with Crippen molar-refractivity contribution in [2.24, 2.45) is 5.92 Å². The lowest BCUT2D eigenvalue weighted by Crippen LogP contribution is -2.41. The number of sulfonamides is 1. The number of benzene rings is 2. The predicted molar refractivity (Wildman–Crippen MR) is 150 cm³/mol. The molecule has 3 aromatic rings. The van der Waals surface area contributed by atoms with E-state index in [9.17, 15) is 27.2 Å². The number of esters is 1. The fraction of sp³-hybridized carbons (Fsp3) is 0.357. The van der Waals surface area contributed by atoms with Crippen molar-refractivity contribution >= 4 is 39.2 Å². The molecule has 1 aliphatic carbocycles. The minimum Gasteiger partial charge on any atom is -0.619 e. The van der Waals surface area contributed by atoms with Crippen molar-refractivity contribution in [1.82, 2.24) is 4.31 Å². The Balaban J connectivity index is 1.67. The number of hydrogen-bond acceptors (Lipinski definition) is 7. The quantitative estimate of drug-likeness (QED) is 0.136. The monoisotopic (exact) mass is 644 g/mol. The van der Waals surface area contributed by atoms with Gasteiger partial charge in [-0.15, -0.1) is 0 Å². The van der Waals surface area contributed by atoms with Crippen LogP contribution in [0.5, 0.6) is 11.5 Å². The highest BCUT2D eigenvalue weighted by Crippen LogP contribution is 2.38. The normalized spacial score (nSPS) is 15.0. The molecule has 1 aromatic heterocycles. The molecule has 4 rings (SSSR count). The maximum absolute atomic E-state index is 13.4. The van der Waals surface area contributed by atoms with Crippen LogP contribution in [0.15, 0.2) is 65.8 Å². The van der Waals surface area contributed by atoms with E-state index in [0.717, 1.165) is 29.5 Å². The average Bonchev–Trinajstić information content (AvgIpc) is 3.77. The molecule has 226 valence electrons. The Bertz CT molecular complexity index is 1500. The van der Waals surface area contributed by atoms with Gasteiger partial charge in [-0.2, -0.15) is 17.8 Å². The number of halogens is 4. The Morgan fingerprint density at radius 3 is 2.33 bits per heavy atom. The van der Waals surface area contributed by atoms with E-state index in [0.29, 0.717) is 16.2 Å². The van der Waals surface area contributed by atoms with Gasteiger partial charge in [0.2, 0.25) is 10.0 Å². The number of pyridine rings is 1. The van der Waals surface area contributed by atoms with Crippen LogP contribution in [0.2, 0.25) is 10.0 Å². The number of alkyl halides is 2. The van der Waals surface area contributed by atoms with Gasteiger partial charge in [-0.1, -0.05) is 47.5 Å². The Kier molecular flexibility index (Phi) is 10.1. The number of carbonyl (C=O) groups excluding carboxylic acids is 1. The zero-order chi connectivity index (χ0) is 30.6. The van der Waals surface area contributed by atoms with Gasteiger partial charge in [-0.25, -0.2) is 8.42 Å². The van der Waals surface area contributed by atoms with E-state index in [1.165, 1.54) is 44.3 Å². The molecule has 0 saturated heterocycles. The van der Waals surface area contributed by atoms with E-state index in [2.05, 4.69) is 4.74 Å². The van der Waals surface area contributed by atoms with Gasteiger partial charge in [0.15, 0.2) is 23.9 Å². The Morgan fingerprint density at radius 1 is 1.10 bits per heavy atom. The van der Waals surface area contributed by atoms with Gasteiger partial charge >= 0.3 is 12.6 Å². The zero-order valence-electron chi connectivity index (χ0n) is 22.6. The highest BCUT2D eigenvalue weighted by atomic mass is 35.5. The van der Waals surface area contributed by atoms with Crippen LogP contribution in [0.25, 0.3) is 0 Å². The van der Waals surface area contributed by atoms with Crippen LogP contribution in [0.1, 0.15) is 37.0 Å². The number of ether oxygens (including phenoxy) is 3. The minimum atomic E-state index is -4.05. The van der Waals surface area contributed by atoms with E-state index in [-0.39, 0.29) is 45.0 Å². The van der Waals surface area contributed by atoms with Gasteiger partial charge < -0.3 is 19.4 Å². The minimum absolute atomic E-state index is 0.00164. The summed E-state index contributed by atoms with van der Waals surface area (Å²) in [6, 6.07) is 10.4. The molecule has 2 aromatic carbocycles. The van der Waals surface area contributed by atoms with Gasteiger partial charge in [0, 0.05) is 19.0 Å². The third-order valence-electron chi connectivity index (χ3n) is 6.74. The van der Waals surface area contributed by atoms with Gasteiger partial charge in [0.05, 0.1) is 11.5 Å². The lowest BCUT2D eigenvalue weighted by molar-refractivity contribution is -0.605. The highest BCUT2D eigenvalue weighted by Gasteiger charge is 2.33. The van der Waals surface area contributed by atoms with Crippen LogP contribution in [0, 0.1) is 11.1 Å². The maximum atomic E-state index is 13.4. The first-order valence-corrected chi connectivity index (χ1v) is 15.1. The third-order valence-corrected chi connectivity index (χ3v) is 9.33. The summed E-state index contributed by atoms with van der Waals surface area (Å²) >= 11 is 12.6. The fourth-order valence-corrected chi connectivity index (χ4v) is 5.95.